The van der Waals surface area contributed by atoms with Gasteiger partial charge in [-0.05, 0) is 5.92 Å². The van der Waals surface area contributed by atoms with Crippen LogP contribution in [0.3, 0.4) is 0 Å². The van der Waals surface area contributed by atoms with Crippen molar-refractivity contribution in [3.63, 3.8) is 0 Å². The number of rotatable bonds is 6. The Morgan fingerprint density at radius 3 is 2.52 bits per heavy atom. The Morgan fingerprint density at radius 1 is 1.29 bits per heavy atom. The van der Waals surface area contributed by atoms with Crippen LogP contribution in [-0.4, -0.2) is 64.8 Å². The Kier molecular flexibility index (Phi) is 6.41. The lowest BCUT2D eigenvalue weighted by molar-refractivity contribution is -0.141. The molecule has 1 heterocycles. The number of carboxylic acids is 1. The molecule has 1 fully saturated rings. The fourth-order valence-electron chi connectivity index (χ4n) is 2.06. The number of aliphatic hydroxyl groups excluding tert-OH is 1. The van der Waals surface area contributed by atoms with Gasteiger partial charge < -0.3 is 25.7 Å². The van der Waals surface area contributed by atoms with Gasteiger partial charge in [-0.15, -0.1) is 0 Å². The number of nitrogens with one attached hydrogen (secondary N) is 2. The zero-order valence-corrected chi connectivity index (χ0v) is 12.3. The van der Waals surface area contributed by atoms with E-state index in [9.17, 15) is 19.5 Å². The third-order valence-corrected chi connectivity index (χ3v) is 3.16. The van der Waals surface area contributed by atoms with Gasteiger partial charge in [-0.25, -0.2) is 9.59 Å². The predicted molar refractivity (Wildman–Crippen MR) is 74.6 cm³/mol. The van der Waals surface area contributed by atoms with Crippen molar-refractivity contribution in [2.45, 2.75) is 38.8 Å². The van der Waals surface area contributed by atoms with Crippen molar-refractivity contribution in [3.8, 4) is 0 Å². The number of carbonyl (C=O) groups excluding carboxylic acids is 2. The highest BCUT2D eigenvalue weighted by atomic mass is 16.4. The second-order valence-electron chi connectivity index (χ2n) is 5.58. The number of nitrogens with zero attached hydrogens (tertiary/aromatic N) is 1. The molecule has 8 heteroatoms. The third kappa shape index (κ3) is 5.58. The summed E-state index contributed by atoms with van der Waals surface area (Å²) in [6.45, 7) is 4.65. The molecule has 0 saturated carbocycles. The number of aliphatic hydroxyl groups is 1. The van der Waals surface area contributed by atoms with Crippen LogP contribution in [0.15, 0.2) is 0 Å². The molecule has 1 aliphatic rings. The Balaban J connectivity index is 2.33. The summed E-state index contributed by atoms with van der Waals surface area (Å²) < 4.78 is 0. The number of aliphatic carboxylic acids is 1. The van der Waals surface area contributed by atoms with Crippen LogP contribution in [0.1, 0.15) is 26.7 Å². The summed E-state index contributed by atoms with van der Waals surface area (Å²) in [5, 5.41) is 23.7. The summed E-state index contributed by atoms with van der Waals surface area (Å²) in [5.74, 6) is -0.956. The summed E-state index contributed by atoms with van der Waals surface area (Å²) in [4.78, 5) is 35.4. The van der Waals surface area contributed by atoms with E-state index in [2.05, 4.69) is 10.6 Å². The largest absolute Gasteiger partial charge is 0.480 e. The topological polar surface area (TPSA) is 119 Å². The quantitative estimate of drug-likeness (QED) is 0.521. The van der Waals surface area contributed by atoms with Crippen LogP contribution in [0.2, 0.25) is 0 Å². The molecule has 4 N–H and O–H groups in total. The number of amides is 3. The van der Waals surface area contributed by atoms with Crippen molar-refractivity contribution in [1.82, 2.24) is 15.5 Å². The minimum absolute atomic E-state index is 0.0116. The van der Waals surface area contributed by atoms with Crippen LogP contribution in [0.4, 0.5) is 4.79 Å². The second kappa shape index (κ2) is 7.82. The Hall–Kier alpha value is -1.83. The highest BCUT2D eigenvalue weighted by Crippen LogP contribution is 2.17. The van der Waals surface area contributed by atoms with Crippen LogP contribution in [-0.2, 0) is 9.59 Å². The molecule has 8 nitrogen and oxygen atoms in total. The zero-order chi connectivity index (χ0) is 16.0. The minimum Gasteiger partial charge on any atom is -0.480 e. The Morgan fingerprint density at radius 2 is 1.95 bits per heavy atom. The standard InChI is InChI=1S/C13H23N3O5/c1-8(2)6-15-11(18)3-4-14-13(21)16-7-9(17)5-10(16)12(19)20/h8-10,17H,3-7H2,1-2H3,(H,14,21)(H,15,18)(H,19,20)/t9-,10-/m1/s1. The average Bonchev–Trinajstić information content (AvgIpc) is 2.78. The SMILES string of the molecule is CC(C)CNC(=O)CCNC(=O)N1C[C@H](O)C[C@@H]1C(=O)O. The van der Waals surface area contributed by atoms with Crippen LogP contribution in [0, 0.1) is 5.92 Å². The zero-order valence-electron chi connectivity index (χ0n) is 12.3. The Labute approximate surface area is 123 Å². The molecule has 21 heavy (non-hydrogen) atoms. The summed E-state index contributed by atoms with van der Waals surface area (Å²) in [5.41, 5.74) is 0. The first-order chi connectivity index (χ1) is 9.81. The monoisotopic (exact) mass is 301 g/mol. The van der Waals surface area contributed by atoms with Gasteiger partial charge in [0.1, 0.15) is 6.04 Å². The number of urea groups is 1. The molecule has 0 unspecified atom stereocenters. The van der Waals surface area contributed by atoms with E-state index in [1.807, 2.05) is 13.8 Å². The molecule has 120 valence electrons. The summed E-state index contributed by atoms with van der Waals surface area (Å²) in [7, 11) is 0. The van der Waals surface area contributed by atoms with E-state index in [0.29, 0.717) is 12.5 Å². The lowest BCUT2D eigenvalue weighted by Crippen LogP contribution is -2.46. The smallest absolute Gasteiger partial charge is 0.326 e. The molecule has 1 rings (SSSR count). The fourth-order valence-corrected chi connectivity index (χ4v) is 2.06. The van der Waals surface area contributed by atoms with E-state index >= 15 is 0 Å². The fraction of sp³-hybridized carbons (Fsp3) is 0.769. The van der Waals surface area contributed by atoms with E-state index in [1.165, 1.54) is 0 Å². The van der Waals surface area contributed by atoms with Gasteiger partial charge in [-0.2, -0.15) is 0 Å². The van der Waals surface area contributed by atoms with Crippen molar-refractivity contribution in [2.75, 3.05) is 19.6 Å². The number of likely N-dealkylation sites (tertiary alicyclic amines) is 1. The van der Waals surface area contributed by atoms with Crippen molar-refractivity contribution in [2.24, 2.45) is 5.92 Å². The predicted octanol–water partition coefficient (Wildman–Crippen LogP) is -0.622. The lowest BCUT2D eigenvalue weighted by Gasteiger charge is -2.21. The molecule has 3 amide bonds. The summed E-state index contributed by atoms with van der Waals surface area (Å²) >= 11 is 0. The van der Waals surface area contributed by atoms with Crippen molar-refractivity contribution < 1.29 is 24.6 Å². The Bertz CT molecular complexity index is 399. The lowest BCUT2D eigenvalue weighted by atomic mass is 10.2. The van der Waals surface area contributed by atoms with E-state index in [0.717, 1.165) is 4.90 Å². The second-order valence-corrected chi connectivity index (χ2v) is 5.58. The molecular formula is C13H23N3O5. The van der Waals surface area contributed by atoms with Gasteiger partial charge in [0.2, 0.25) is 5.91 Å². The normalized spacial score (nSPS) is 21.4. The van der Waals surface area contributed by atoms with Crippen LogP contribution >= 0.6 is 0 Å². The first kappa shape index (κ1) is 17.2. The van der Waals surface area contributed by atoms with E-state index in [-0.39, 0.29) is 31.8 Å². The first-order valence-electron chi connectivity index (χ1n) is 7.03. The van der Waals surface area contributed by atoms with Crippen molar-refractivity contribution >= 4 is 17.9 Å². The highest BCUT2D eigenvalue weighted by Gasteiger charge is 2.38. The van der Waals surface area contributed by atoms with Gasteiger partial charge in [0, 0.05) is 32.5 Å². The van der Waals surface area contributed by atoms with Crippen LogP contribution < -0.4 is 10.6 Å². The highest BCUT2D eigenvalue weighted by molar-refractivity contribution is 5.84. The molecule has 1 aliphatic heterocycles. The summed E-state index contributed by atoms with van der Waals surface area (Å²) in [6, 6.07) is -1.59. The first-order valence-corrected chi connectivity index (χ1v) is 7.03. The number of carbonyl (C=O) groups is 3. The molecule has 0 bridgehead atoms. The number of carboxylic acid groups (broad SMARTS) is 1. The summed E-state index contributed by atoms with van der Waals surface area (Å²) in [6.07, 6.45) is -0.671. The maximum absolute atomic E-state index is 11.9. The van der Waals surface area contributed by atoms with Gasteiger partial charge in [0.25, 0.3) is 0 Å². The third-order valence-electron chi connectivity index (χ3n) is 3.16. The molecule has 0 radical (unpaired) electrons. The molecule has 0 aliphatic carbocycles. The maximum atomic E-state index is 11.9. The van der Waals surface area contributed by atoms with Crippen molar-refractivity contribution in [3.05, 3.63) is 0 Å². The number of hydrogen-bond donors (Lipinski definition) is 4. The van der Waals surface area contributed by atoms with Gasteiger partial charge in [0.05, 0.1) is 6.10 Å². The minimum atomic E-state index is -1.14. The number of hydrogen-bond acceptors (Lipinski definition) is 4. The number of β-amino-alcohol motifs (C(OH)–C–C–N with tert-alkyl or cyclic N) is 1. The van der Waals surface area contributed by atoms with Gasteiger partial charge in [0.15, 0.2) is 0 Å². The maximum Gasteiger partial charge on any atom is 0.326 e. The molecule has 0 aromatic carbocycles. The van der Waals surface area contributed by atoms with Crippen LogP contribution in [0.5, 0.6) is 0 Å². The molecule has 1 saturated heterocycles. The molecular weight excluding hydrogens is 278 g/mol. The van der Waals surface area contributed by atoms with E-state index < -0.39 is 24.1 Å². The van der Waals surface area contributed by atoms with Crippen molar-refractivity contribution in [1.29, 1.82) is 0 Å². The van der Waals surface area contributed by atoms with Gasteiger partial charge in [-0.3, -0.25) is 4.79 Å². The van der Waals surface area contributed by atoms with Crippen LogP contribution in [0.25, 0.3) is 0 Å². The van der Waals surface area contributed by atoms with E-state index in [4.69, 9.17) is 5.11 Å². The van der Waals surface area contributed by atoms with Gasteiger partial charge >= 0.3 is 12.0 Å². The molecule has 2 atom stereocenters. The molecule has 0 spiro atoms. The van der Waals surface area contributed by atoms with Gasteiger partial charge in [-0.1, -0.05) is 13.8 Å². The molecule has 0 aromatic heterocycles. The van der Waals surface area contributed by atoms with E-state index in [1.54, 1.807) is 0 Å². The average molecular weight is 301 g/mol. The molecule has 0 aromatic rings.